The SMILES string of the molecule is CC[C@@H](C)NC(=O)CCc1ccc(Oc2nc(Nc3cccc(OCCCN4CCCCC4)c3)ncc2C(=O)Nc2c(C)cc(C)cc2C)c(OC)c1. The summed E-state index contributed by atoms with van der Waals surface area (Å²) >= 11 is 0. The van der Waals surface area contributed by atoms with E-state index in [4.69, 9.17) is 14.2 Å². The molecule has 0 aliphatic carbocycles. The van der Waals surface area contributed by atoms with Crippen molar-refractivity contribution < 1.29 is 23.8 Å². The third-order valence-electron chi connectivity index (χ3n) is 9.44. The highest BCUT2D eigenvalue weighted by molar-refractivity contribution is 6.06. The summed E-state index contributed by atoms with van der Waals surface area (Å²) in [5.41, 5.74) is 5.51. The Labute approximate surface area is 313 Å². The molecule has 3 aromatic carbocycles. The summed E-state index contributed by atoms with van der Waals surface area (Å²) in [6, 6.07) is 17.3. The first-order valence-corrected chi connectivity index (χ1v) is 18.7. The van der Waals surface area contributed by atoms with Crippen LogP contribution in [0.1, 0.15) is 85.0 Å². The lowest BCUT2D eigenvalue weighted by atomic mass is 10.0. The molecule has 2 heterocycles. The minimum Gasteiger partial charge on any atom is -0.493 e. The van der Waals surface area contributed by atoms with Gasteiger partial charge in [-0.2, -0.15) is 4.98 Å². The Bertz CT molecular complexity index is 1830. The van der Waals surface area contributed by atoms with Crippen molar-refractivity contribution in [2.45, 2.75) is 85.6 Å². The van der Waals surface area contributed by atoms with Crippen molar-refractivity contribution in [3.8, 4) is 23.1 Å². The molecule has 1 aliphatic heterocycles. The minimum atomic E-state index is -0.413. The number of hydrogen-bond donors (Lipinski definition) is 3. The average molecular weight is 723 g/mol. The van der Waals surface area contributed by atoms with E-state index in [0.717, 1.165) is 58.8 Å². The first kappa shape index (κ1) is 39.1. The number of ether oxygens (including phenoxy) is 3. The van der Waals surface area contributed by atoms with Gasteiger partial charge in [-0.1, -0.05) is 43.2 Å². The molecule has 5 rings (SSSR count). The van der Waals surface area contributed by atoms with Gasteiger partial charge in [-0.05, 0) is 114 Å². The highest BCUT2D eigenvalue weighted by Gasteiger charge is 2.21. The number of aromatic nitrogens is 2. The molecule has 0 saturated carbocycles. The van der Waals surface area contributed by atoms with Crippen molar-refractivity contribution in [1.29, 1.82) is 0 Å². The monoisotopic (exact) mass is 722 g/mol. The standard InChI is InChI=1S/C42H54N6O5/c1-7-31(5)44-38(49)18-16-32-15-17-36(37(25-32)51-6)53-41-35(40(50)46-39-29(3)23-28(2)24-30(39)4)27-43-42(47-41)45-33-13-11-14-34(26-33)52-22-12-21-48-19-9-8-10-20-48/h11,13-15,17,23-27,31H,7-10,12,16,18-22H2,1-6H3,(H,44,49)(H,46,50)(H,43,45,47)/t31-/m1/s1. The van der Waals surface area contributed by atoms with E-state index in [0.29, 0.717) is 30.9 Å². The molecule has 11 nitrogen and oxygen atoms in total. The van der Waals surface area contributed by atoms with Crippen molar-refractivity contribution in [3.05, 3.63) is 88.6 Å². The molecule has 282 valence electrons. The summed E-state index contributed by atoms with van der Waals surface area (Å²) in [5, 5.41) is 9.29. The number of carbonyl (C=O) groups is 2. The van der Waals surface area contributed by atoms with Crippen LogP contribution in [-0.4, -0.2) is 66.1 Å². The van der Waals surface area contributed by atoms with Crippen molar-refractivity contribution in [2.75, 3.05) is 44.0 Å². The molecule has 1 fully saturated rings. The van der Waals surface area contributed by atoms with Crippen LogP contribution >= 0.6 is 0 Å². The van der Waals surface area contributed by atoms with Crippen LogP contribution in [0.15, 0.2) is 60.8 Å². The number of rotatable bonds is 17. The molecule has 53 heavy (non-hydrogen) atoms. The van der Waals surface area contributed by atoms with Crippen LogP contribution in [0.3, 0.4) is 0 Å². The number of carbonyl (C=O) groups excluding carboxylic acids is 2. The van der Waals surface area contributed by atoms with Crippen molar-refractivity contribution >= 4 is 29.1 Å². The maximum Gasteiger partial charge on any atom is 0.262 e. The zero-order valence-electron chi connectivity index (χ0n) is 32.0. The Morgan fingerprint density at radius 1 is 0.962 bits per heavy atom. The molecule has 1 aromatic heterocycles. The molecule has 0 spiro atoms. The maximum absolute atomic E-state index is 13.8. The Morgan fingerprint density at radius 2 is 1.74 bits per heavy atom. The molecule has 0 radical (unpaired) electrons. The second kappa shape index (κ2) is 19.1. The van der Waals surface area contributed by atoms with Gasteiger partial charge < -0.3 is 35.1 Å². The first-order valence-electron chi connectivity index (χ1n) is 18.7. The normalized spacial score (nSPS) is 13.5. The molecule has 1 saturated heterocycles. The van der Waals surface area contributed by atoms with E-state index >= 15 is 0 Å². The predicted molar refractivity (Wildman–Crippen MR) is 210 cm³/mol. The minimum absolute atomic E-state index is 0.000628. The fourth-order valence-electron chi connectivity index (χ4n) is 6.43. The number of anilines is 3. The number of amides is 2. The largest absolute Gasteiger partial charge is 0.493 e. The Hall–Kier alpha value is -5.16. The lowest BCUT2D eigenvalue weighted by Crippen LogP contribution is -2.31. The van der Waals surface area contributed by atoms with Gasteiger partial charge in [0.2, 0.25) is 17.7 Å². The number of hydrogen-bond acceptors (Lipinski definition) is 9. The molecule has 11 heteroatoms. The number of nitrogens with one attached hydrogen (secondary N) is 3. The van der Waals surface area contributed by atoms with Gasteiger partial charge in [0, 0.05) is 42.6 Å². The van der Waals surface area contributed by atoms with Crippen molar-refractivity contribution in [2.24, 2.45) is 0 Å². The third-order valence-corrected chi connectivity index (χ3v) is 9.44. The topological polar surface area (TPSA) is 127 Å². The van der Waals surface area contributed by atoms with Gasteiger partial charge in [-0.15, -0.1) is 0 Å². The maximum atomic E-state index is 13.8. The highest BCUT2D eigenvalue weighted by Crippen LogP contribution is 2.35. The van der Waals surface area contributed by atoms with Crippen molar-refractivity contribution in [1.82, 2.24) is 20.2 Å². The second-order valence-electron chi connectivity index (χ2n) is 13.9. The smallest absolute Gasteiger partial charge is 0.262 e. The number of aryl methyl sites for hydroxylation is 4. The Balaban J connectivity index is 1.35. The molecule has 0 bridgehead atoms. The van der Waals surface area contributed by atoms with E-state index in [9.17, 15) is 9.59 Å². The van der Waals surface area contributed by atoms with Gasteiger partial charge in [0.1, 0.15) is 11.3 Å². The van der Waals surface area contributed by atoms with Crippen LogP contribution in [0.25, 0.3) is 0 Å². The summed E-state index contributed by atoms with van der Waals surface area (Å²) in [4.78, 5) is 37.9. The van der Waals surface area contributed by atoms with Gasteiger partial charge in [0.15, 0.2) is 11.5 Å². The predicted octanol–water partition coefficient (Wildman–Crippen LogP) is 8.30. The van der Waals surface area contributed by atoms with E-state index in [1.165, 1.54) is 38.5 Å². The Morgan fingerprint density at radius 3 is 2.47 bits per heavy atom. The zero-order chi connectivity index (χ0) is 37.7. The number of nitrogens with zero attached hydrogens (tertiary/aromatic N) is 3. The van der Waals surface area contributed by atoms with Crippen LogP contribution in [0.5, 0.6) is 23.1 Å². The van der Waals surface area contributed by atoms with Gasteiger partial charge in [0.05, 0.1) is 13.7 Å². The van der Waals surface area contributed by atoms with E-state index in [-0.39, 0.29) is 29.3 Å². The van der Waals surface area contributed by atoms with Gasteiger partial charge in [-0.25, -0.2) is 4.98 Å². The van der Waals surface area contributed by atoms with Crippen LogP contribution in [0.2, 0.25) is 0 Å². The zero-order valence-corrected chi connectivity index (χ0v) is 32.0. The number of methoxy groups -OCH3 is 1. The lowest BCUT2D eigenvalue weighted by molar-refractivity contribution is -0.121. The molecular weight excluding hydrogens is 668 g/mol. The summed E-state index contributed by atoms with van der Waals surface area (Å²) in [5.74, 6) is 1.42. The average Bonchev–Trinajstić information content (AvgIpc) is 3.15. The molecule has 1 atom stereocenters. The second-order valence-corrected chi connectivity index (χ2v) is 13.9. The van der Waals surface area contributed by atoms with Gasteiger partial charge >= 0.3 is 0 Å². The lowest BCUT2D eigenvalue weighted by Gasteiger charge is -2.26. The number of likely N-dealkylation sites (tertiary alicyclic amines) is 1. The number of piperidine rings is 1. The molecule has 4 aromatic rings. The van der Waals surface area contributed by atoms with Gasteiger partial charge in [-0.3, -0.25) is 9.59 Å². The van der Waals surface area contributed by atoms with Gasteiger partial charge in [0.25, 0.3) is 5.91 Å². The van der Waals surface area contributed by atoms with Crippen molar-refractivity contribution in [3.63, 3.8) is 0 Å². The molecule has 3 N–H and O–H groups in total. The molecule has 0 unspecified atom stereocenters. The summed E-state index contributed by atoms with van der Waals surface area (Å²) in [7, 11) is 1.55. The molecule has 1 aliphatic rings. The fourth-order valence-corrected chi connectivity index (χ4v) is 6.43. The highest BCUT2D eigenvalue weighted by atomic mass is 16.5. The third kappa shape index (κ3) is 11.4. The van der Waals surface area contributed by atoms with Crippen LogP contribution in [0, 0.1) is 20.8 Å². The van der Waals surface area contributed by atoms with Crippen LogP contribution in [-0.2, 0) is 11.2 Å². The summed E-state index contributed by atoms with van der Waals surface area (Å²) in [6.45, 7) is 14.0. The number of benzene rings is 3. The van der Waals surface area contributed by atoms with Crippen LogP contribution < -0.4 is 30.2 Å². The first-order chi connectivity index (χ1) is 25.6. The van der Waals surface area contributed by atoms with E-state index in [1.807, 2.05) is 83.1 Å². The molecular formula is C42H54N6O5. The molecule has 2 amide bonds. The van der Waals surface area contributed by atoms with E-state index in [2.05, 4.69) is 30.8 Å². The van der Waals surface area contributed by atoms with E-state index < -0.39 is 5.91 Å². The summed E-state index contributed by atoms with van der Waals surface area (Å²) in [6.07, 6.45) is 8.06. The summed E-state index contributed by atoms with van der Waals surface area (Å²) < 4.78 is 18.1. The quantitative estimate of drug-likeness (QED) is 0.0923. The Kier molecular flexibility index (Phi) is 14.1. The van der Waals surface area contributed by atoms with Crippen LogP contribution in [0.4, 0.5) is 17.3 Å². The fraction of sp³-hybridized carbons (Fsp3) is 0.429. The van der Waals surface area contributed by atoms with E-state index in [1.54, 1.807) is 13.2 Å².